The maximum absolute atomic E-state index is 12.9. The minimum absolute atomic E-state index is 0.00353. The third kappa shape index (κ3) is 3.92. The third-order valence-corrected chi connectivity index (χ3v) is 6.33. The van der Waals surface area contributed by atoms with Crippen molar-refractivity contribution in [1.82, 2.24) is 14.9 Å². The number of aliphatic hydroxyl groups excluding tert-OH is 1. The fourth-order valence-electron chi connectivity index (χ4n) is 4.66. The van der Waals surface area contributed by atoms with Crippen LogP contribution in [0.4, 0.5) is 5.95 Å². The van der Waals surface area contributed by atoms with Gasteiger partial charge in [-0.2, -0.15) is 0 Å². The van der Waals surface area contributed by atoms with Crippen LogP contribution in [-0.4, -0.2) is 65.3 Å². The standard InChI is InChI=1S/C22H28N4O3/c1-2-29-19-6-4-17(5-7-19)20(28)25-12-8-22(9-13-25)16-26(14-18(22)15-27)21-23-10-3-11-24-21/h3-7,10-11,18,27H,2,8-9,12-16H2,1H3. The Morgan fingerprint density at radius 3 is 2.52 bits per heavy atom. The number of hydrogen-bond donors (Lipinski definition) is 1. The Labute approximate surface area is 171 Å². The largest absolute Gasteiger partial charge is 0.494 e. The molecule has 0 radical (unpaired) electrons. The zero-order chi connectivity index (χ0) is 20.3. The van der Waals surface area contributed by atoms with Gasteiger partial charge in [0.1, 0.15) is 5.75 Å². The second-order valence-electron chi connectivity index (χ2n) is 7.92. The van der Waals surface area contributed by atoms with Crippen molar-refractivity contribution < 1.29 is 14.6 Å². The second-order valence-corrected chi connectivity index (χ2v) is 7.92. The summed E-state index contributed by atoms with van der Waals surface area (Å²) in [6.45, 7) is 5.68. The van der Waals surface area contributed by atoms with Gasteiger partial charge in [-0.05, 0) is 55.5 Å². The molecule has 154 valence electrons. The molecule has 2 aliphatic rings. The molecular formula is C22H28N4O3. The fourth-order valence-corrected chi connectivity index (χ4v) is 4.66. The first-order valence-electron chi connectivity index (χ1n) is 10.3. The Morgan fingerprint density at radius 1 is 1.21 bits per heavy atom. The van der Waals surface area contributed by atoms with Crippen molar-refractivity contribution in [2.24, 2.45) is 11.3 Å². The van der Waals surface area contributed by atoms with E-state index in [1.165, 1.54) is 0 Å². The van der Waals surface area contributed by atoms with Gasteiger partial charge in [0.15, 0.2) is 0 Å². The van der Waals surface area contributed by atoms with Crippen LogP contribution in [0, 0.1) is 11.3 Å². The number of aliphatic hydroxyl groups is 1. The average Bonchev–Trinajstić information content (AvgIpc) is 3.13. The van der Waals surface area contributed by atoms with Crippen LogP contribution in [0.1, 0.15) is 30.1 Å². The van der Waals surface area contributed by atoms with E-state index in [4.69, 9.17) is 4.74 Å². The number of ether oxygens (including phenoxy) is 1. The normalized spacial score (nSPS) is 20.8. The topological polar surface area (TPSA) is 78.8 Å². The Morgan fingerprint density at radius 2 is 1.90 bits per heavy atom. The van der Waals surface area contributed by atoms with E-state index in [0.29, 0.717) is 25.3 Å². The van der Waals surface area contributed by atoms with Gasteiger partial charge in [0, 0.05) is 56.7 Å². The number of likely N-dealkylation sites (tertiary alicyclic amines) is 1. The highest BCUT2D eigenvalue weighted by Crippen LogP contribution is 2.45. The Hall–Kier alpha value is -2.67. The molecule has 2 aromatic rings. The van der Waals surface area contributed by atoms with Crippen molar-refractivity contribution in [3.63, 3.8) is 0 Å². The van der Waals surface area contributed by atoms with Crippen molar-refractivity contribution in [2.45, 2.75) is 19.8 Å². The van der Waals surface area contributed by atoms with E-state index in [1.807, 2.05) is 42.2 Å². The van der Waals surface area contributed by atoms with Gasteiger partial charge in [0.25, 0.3) is 5.91 Å². The number of anilines is 1. The number of nitrogens with zero attached hydrogens (tertiary/aromatic N) is 4. The SMILES string of the molecule is CCOc1ccc(C(=O)N2CCC3(CC2)CN(c2ncccn2)CC3CO)cc1. The molecule has 1 aromatic heterocycles. The van der Waals surface area contributed by atoms with Crippen LogP contribution in [0.15, 0.2) is 42.7 Å². The van der Waals surface area contributed by atoms with Crippen molar-refractivity contribution in [3.8, 4) is 5.75 Å². The molecule has 7 heteroatoms. The number of carbonyl (C=O) groups is 1. The van der Waals surface area contributed by atoms with Crippen LogP contribution in [0.3, 0.4) is 0 Å². The van der Waals surface area contributed by atoms with E-state index in [1.54, 1.807) is 12.4 Å². The summed E-state index contributed by atoms with van der Waals surface area (Å²) in [5, 5.41) is 10.0. The molecule has 0 saturated carbocycles. The molecule has 1 spiro atoms. The van der Waals surface area contributed by atoms with Gasteiger partial charge in [-0.25, -0.2) is 9.97 Å². The summed E-state index contributed by atoms with van der Waals surface area (Å²) >= 11 is 0. The van der Waals surface area contributed by atoms with E-state index in [-0.39, 0.29) is 23.8 Å². The number of carbonyl (C=O) groups excluding carboxylic acids is 1. The summed E-state index contributed by atoms with van der Waals surface area (Å²) in [6.07, 6.45) is 5.26. The van der Waals surface area contributed by atoms with Crippen LogP contribution in [0.2, 0.25) is 0 Å². The molecular weight excluding hydrogens is 368 g/mol. The predicted octanol–water partition coefficient (Wildman–Crippen LogP) is 2.23. The molecule has 1 aromatic carbocycles. The van der Waals surface area contributed by atoms with Crippen molar-refractivity contribution in [2.75, 3.05) is 44.3 Å². The maximum Gasteiger partial charge on any atom is 0.253 e. The third-order valence-electron chi connectivity index (χ3n) is 6.33. The number of rotatable bonds is 5. The highest BCUT2D eigenvalue weighted by Gasteiger charge is 2.48. The zero-order valence-corrected chi connectivity index (χ0v) is 16.8. The molecule has 1 unspecified atom stereocenters. The molecule has 1 amide bonds. The zero-order valence-electron chi connectivity index (χ0n) is 16.8. The summed E-state index contributed by atoms with van der Waals surface area (Å²) in [7, 11) is 0. The molecule has 0 bridgehead atoms. The number of amides is 1. The average molecular weight is 396 g/mol. The Kier molecular flexibility index (Phi) is 5.67. The van der Waals surface area contributed by atoms with Gasteiger partial charge in [0.05, 0.1) is 6.61 Å². The molecule has 4 rings (SSSR count). The lowest BCUT2D eigenvalue weighted by atomic mass is 9.71. The van der Waals surface area contributed by atoms with Gasteiger partial charge in [-0.3, -0.25) is 4.79 Å². The Balaban J connectivity index is 1.41. The summed E-state index contributed by atoms with van der Waals surface area (Å²) in [5.74, 6) is 1.73. The lowest BCUT2D eigenvalue weighted by Crippen LogP contribution is -2.47. The molecule has 1 N–H and O–H groups in total. The highest BCUT2D eigenvalue weighted by molar-refractivity contribution is 5.94. The Bertz CT molecular complexity index is 820. The molecule has 2 saturated heterocycles. The quantitative estimate of drug-likeness (QED) is 0.835. The lowest BCUT2D eigenvalue weighted by Gasteiger charge is -2.42. The first-order valence-corrected chi connectivity index (χ1v) is 10.3. The van der Waals surface area contributed by atoms with E-state index < -0.39 is 0 Å². The van der Waals surface area contributed by atoms with Gasteiger partial charge in [0.2, 0.25) is 5.95 Å². The van der Waals surface area contributed by atoms with Gasteiger partial charge < -0.3 is 19.6 Å². The summed E-state index contributed by atoms with van der Waals surface area (Å²) < 4.78 is 5.46. The maximum atomic E-state index is 12.9. The summed E-state index contributed by atoms with van der Waals surface area (Å²) in [5.41, 5.74) is 0.692. The lowest BCUT2D eigenvalue weighted by molar-refractivity contribution is 0.0416. The van der Waals surface area contributed by atoms with E-state index in [9.17, 15) is 9.90 Å². The first-order chi connectivity index (χ1) is 14.1. The highest BCUT2D eigenvalue weighted by atomic mass is 16.5. The summed E-state index contributed by atoms with van der Waals surface area (Å²) in [4.78, 5) is 25.8. The molecule has 0 aliphatic carbocycles. The second kappa shape index (κ2) is 8.37. The van der Waals surface area contributed by atoms with Gasteiger partial charge in [-0.1, -0.05) is 0 Å². The molecule has 3 heterocycles. The van der Waals surface area contributed by atoms with E-state index in [0.717, 1.165) is 37.6 Å². The van der Waals surface area contributed by atoms with Crippen molar-refractivity contribution in [1.29, 1.82) is 0 Å². The molecule has 2 aliphatic heterocycles. The number of piperidine rings is 1. The van der Waals surface area contributed by atoms with E-state index >= 15 is 0 Å². The molecule has 29 heavy (non-hydrogen) atoms. The fraction of sp³-hybridized carbons (Fsp3) is 0.500. The summed E-state index contributed by atoms with van der Waals surface area (Å²) in [6, 6.07) is 9.16. The molecule has 2 fully saturated rings. The van der Waals surface area contributed by atoms with Crippen LogP contribution >= 0.6 is 0 Å². The number of benzene rings is 1. The monoisotopic (exact) mass is 396 g/mol. The minimum Gasteiger partial charge on any atom is -0.494 e. The van der Waals surface area contributed by atoms with Crippen LogP contribution < -0.4 is 9.64 Å². The number of aromatic nitrogens is 2. The van der Waals surface area contributed by atoms with Gasteiger partial charge >= 0.3 is 0 Å². The van der Waals surface area contributed by atoms with Crippen molar-refractivity contribution in [3.05, 3.63) is 48.3 Å². The van der Waals surface area contributed by atoms with Crippen LogP contribution in [0.25, 0.3) is 0 Å². The minimum atomic E-state index is 0.00353. The first kappa shape index (κ1) is 19.6. The van der Waals surface area contributed by atoms with Gasteiger partial charge in [-0.15, -0.1) is 0 Å². The van der Waals surface area contributed by atoms with E-state index in [2.05, 4.69) is 14.9 Å². The predicted molar refractivity (Wildman–Crippen MR) is 110 cm³/mol. The van der Waals surface area contributed by atoms with Crippen LogP contribution in [0.5, 0.6) is 5.75 Å². The smallest absolute Gasteiger partial charge is 0.253 e. The van der Waals surface area contributed by atoms with Crippen molar-refractivity contribution >= 4 is 11.9 Å². The van der Waals surface area contributed by atoms with Crippen LogP contribution in [-0.2, 0) is 0 Å². The molecule has 7 nitrogen and oxygen atoms in total. The molecule has 1 atom stereocenters. The number of hydrogen-bond acceptors (Lipinski definition) is 6.